The summed E-state index contributed by atoms with van der Waals surface area (Å²) in [6.45, 7) is 1.33. The molecule has 1 saturated heterocycles. The Hall–Kier alpha value is -1.66. The van der Waals surface area contributed by atoms with Crippen molar-refractivity contribution >= 4 is 46.9 Å². The smallest absolute Gasteiger partial charge is 0.246 e. The van der Waals surface area contributed by atoms with Crippen molar-refractivity contribution in [2.45, 2.75) is 28.7 Å². The lowest BCUT2D eigenvalue weighted by molar-refractivity contribution is -0.127. The fourth-order valence-corrected chi connectivity index (χ4v) is 4.59. The van der Waals surface area contributed by atoms with E-state index in [2.05, 4.69) is 0 Å². The van der Waals surface area contributed by atoms with Gasteiger partial charge in [-0.1, -0.05) is 53.2 Å². The topological polar surface area (TPSA) is 55.6 Å². The molecule has 2 N–H and O–H groups in total. The minimum Gasteiger partial charge on any atom is -0.496 e. The summed E-state index contributed by atoms with van der Waals surface area (Å²) in [5.41, 5.74) is 6.65. The molecule has 28 heavy (non-hydrogen) atoms. The van der Waals surface area contributed by atoms with Crippen LogP contribution in [0.15, 0.2) is 52.3 Å². The van der Waals surface area contributed by atoms with Crippen LogP contribution in [0.5, 0.6) is 5.75 Å². The Labute approximate surface area is 179 Å². The maximum atomic E-state index is 12.4. The molecule has 1 amide bonds. The van der Waals surface area contributed by atoms with E-state index < -0.39 is 0 Å². The summed E-state index contributed by atoms with van der Waals surface area (Å²) < 4.78 is 5.38. The maximum absolute atomic E-state index is 12.4. The lowest BCUT2D eigenvalue weighted by Gasteiger charge is -2.29. The van der Waals surface area contributed by atoms with Gasteiger partial charge in [0.2, 0.25) is 5.91 Å². The number of ether oxygens (including phenoxy) is 1. The van der Waals surface area contributed by atoms with Crippen LogP contribution in [-0.2, 0) is 4.79 Å². The number of methoxy groups -OCH3 is 1. The summed E-state index contributed by atoms with van der Waals surface area (Å²) in [4.78, 5) is 15.9. The second-order valence-corrected chi connectivity index (χ2v) is 8.39. The first-order valence-electron chi connectivity index (χ1n) is 9.01. The third-order valence-corrected chi connectivity index (χ3v) is 6.67. The molecule has 1 atom stereocenters. The molecule has 0 aliphatic carbocycles. The molecular formula is C21H22Cl2N2O2S. The summed E-state index contributed by atoms with van der Waals surface area (Å²) in [7, 11) is 1.63. The number of nitrogens with zero attached hydrogens (tertiary/aromatic N) is 1. The third-order valence-electron chi connectivity index (χ3n) is 4.54. The van der Waals surface area contributed by atoms with Gasteiger partial charge in [-0.15, -0.1) is 0 Å². The molecule has 148 valence electrons. The van der Waals surface area contributed by atoms with Crippen molar-refractivity contribution in [1.82, 2.24) is 4.90 Å². The van der Waals surface area contributed by atoms with E-state index in [1.54, 1.807) is 18.1 Å². The summed E-state index contributed by atoms with van der Waals surface area (Å²) in [5, 5.41) is 0.869. The van der Waals surface area contributed by atoms with Crippen LogP contribution in [0.4, 0.5) is 0 Å². The predicted octanol–water partition coefficient (Wildman–Crippen LogP) is 5.12. The van der Waals surface area contributed by atoms with Crippen molar-refractivity contribution < 1.29 is 9.53 Å². The molecule has 1 unspecified atom stereocenters. The number of hydrogen-bond acceptors (Lipinski definition) is 4. The van der Waals surface area contributed by atoms with Crippen molar-refractivity contribution in [2.24, 2.45) is 5.73 Å². The summed E-state index contributed by atoms with van der Waals surface area (Å²) in [6.07, 6.45) is 5.12. The van der Waals surface area contributed by atoms with Crippen molar-refractivity contribution in [1.29, 1.82) is 0 Å². The molecule has 7 heteroatoms. The van der Waals surface area contributed by atoms with Gasteiger partial charge in [-0.3, -0.25) is 4.79 Å². The van der Waals surface area contributed by atoms with Crippen LogP contribution in [0.1, 0.15) is 18.4 Å². The first-order chi connectivity index (χ1) is 13.5. The zero-order valence-electron chi connectivity index (χ0n) is 15.5. The number of para-hydroxylation sites is 1. The lowest BCUT2D eigenvalue weighted by Crippen LogP contribution is -2.45. The van der Waals surface area contributed by atoms with E-state index in [9.17, 15) is 4.79 Å². The number of nitrogens with two attached hydrogens (primary N) is 1. The average molecular weight is 437 g/mol. The Morgan fingerprint density at radius 2 is 2.00 bits per heavy atom. The molecule has 0 spiro atoms. The number of halogens is 2. The van der Waals surface area contributed by atoms with Gasteiger partial charge in [-0.2, -0.15) is 0 Å². The van der Waals surface area contributed by atoms with E-state index in [0.717, 1.165) is 34.9 Å². The highest BCUT2D eigenvalue weighted by Crippen LogP contribution is 2.42. The van der Waals surface area contributed by atoms with Crippen molar-refractivity contribution in [3.8, 4) is 5.75 Å². The average Bonchev–Trinajstić information content (AvgIpc) is 2.71. The van der Waals surface area contributed by atoms with Gasteiger partial charge in [-0.05, 0) is 42.7 Å². The molecule has 1 fully saturated rings. The van der Waals surface area contributed by atoms with Crippen LogP contribution in [0.2, 0.25) is 10.0 Å². The van der Waals surface area contributed by atoms with Crippen molar-refractivity contribution in [3.63, 3.8) is 0 Å². The number of rotatable bonds is 5. The first kappa shape index (κ1) is 21.1. The Morgan fingerprint density at radius 1 is 1.21 bits per heavy atom. The third kappa shape index (κ3) is 5.03. The largest absolute Gasteiger partial charge is 0.496 e. The van der Waals surface area contributed by atoms with E-state index in [1.807, 2.05) is 36.4 Å². The Balaban J connectivity index is 1.75. The van der Waals surface area contributed by atoms with Gasteiger partial charge in [0.05, 0.1) is 22.1 Å². The van der Waals surface area contributed by atoms with Crippen LogP contribution >= 0.6 is 35.0 Å². The molecule has 1 aliphatic heterocycles. The van der Waals surface area contributed by atoms with Crippen molar-refractivity contribution in [2.75, 3.05) is 20.2 Å². The molecule has 0 bridgehead atoms. The van der Waals surface area contributed by atoms with Gasteiger partial charge in [0, 0.05) is 30.1 Å². The monoisotopic (exact) mass is 436 g/mol. The van der Waals surface area contributed by atoms with E-state index in [0.29, 0.717) is 22.2 Å². The summed E-state index contributed by atoms with van der Waals surface area (Å²) in [6, 6.07) is 11.5. The van der Waals surface area contributed by atoms with Crippen LogP contribution in [-0.4, -0.2) is 37.0 Å². The molecular weight excluding hydrogens is 415 g/mol. The molecule has 1 heterocycles. The Kier molecular flexibility index (Phi) is 7.30. The van der Waals surface area contributed by atoms with Gasteiger partial charge in [-0.25, -0.2) is 0 Å². The number of likely N-dealkylation sites (tertiary alicyclic amines) is 1. The van der Waals surface area contributed by atoms with E-state index in [-0.39, 0.29) is 11.9 Å². The molecule has 4 nitrogen and oxygen atoms in total. The fourth-order valence-electron chi connectivity index (χ4n) is 3.05. The maximum Gasteiger partial charge on any atom is 0.246 e. The number of benzene rings is 2. The predicted molar refractivity (Wildman–Crippen MR) is 116 cm³/mol. The fraction of sp³-hybridized carbons (Fsp3) is 0.286. The molecule has 1 aliphatic rings. The molecule has 0 saturated carbocycles. The number of hydrogen-bond donors (Lipinski definition) is 1. The first-order valence-corrected chi connectivity index (χ1v) is 10.6. The highest BCUT2D eigenvalue weighted by molar-refractivity contribution is 7.99. The van der Waals surface area contributed by atoms with Gasteiger partial charge in [0.15, 0.2) is 0 Å². The van der Waals surface area contributed by atoms with Gasteiger partial charge < -0.3 is 15.4 Å². The zero-order chi connectivity index (χ0) is 20.1. The lowest BCUT2D eigenvalue weighted by atomic mass is 10.1. The second-order valence-electron chi connectivity index (χ2n) is 6.55. The Morgan fingerprint density at radius 3 is 2.75 bits per heavy atom. The SMILES string of the molecule is COc1ccccc1Sc1ccc(C=CC(=O)N2CCCC(N)C2)c(Cl)c1Cl. The van der Waals surface area contributed by atoms with Crippen molar-refractivity contribution in [3.05, 3.63) is 58.1 Å². The standard InChI is InChI=1S/C21H22Cl2N2O2S/c1-27-16-6-2-3-7-17(16)28-18-10-8-14(20(22)21(18)23)9-11-19(26)25-12-4-5-15(24)13-25/h2-3,6-11,15H,4-5,12-13,24H2,1H3. The molecule has 3 rings (SSSR count). The number of carbonyl (C=O) groups excluding carboxylic acids is 1. The van der Waals surface area contributed by atoms with E-state index >= 15 is 0 Å². The number of carbonyl (C=O) groups is 1. The Bertz CT molecular complexity index is 889. The van der Waals surface area contributed by atoms with Crippen LogP contribution in [0.25, 0.3) is 6.08 Å². The minimum atomic E-state index is -0.0604. The number of piperidine rings is 1. The second kappa shape index (κ2) is 9.70. The summed E-state index contributed by atoms with van der Waals surface area (Å²) >= 11 is 14.4. The van der Waals surface area contributed by atoms with Crippen LogP contribution < -0.4 is 10.5 Å². The zero-order valence-corrected chi connectivity index (χ0v) is 17.9. The molecule has 0 radical (unpaired) electrons. The van der Waals surface area contributed by atoms with E-state index in [1.165, 1.54) is 17.8 Å². The highest BCUT2D eigenvalue weighted by atomic mass is 35.5. The summed E-state index contributed by atoms with van der Waals surface area (Å²) in [5.74, 6) is 0.712. The molecule has 0 aromatic heterocycles. The van der Waals surface area contributed by atoms with Gasteiger partial charge >= 0.3 is 0 Å². The highest BCUT2D eigenvalue weighted by Gasteiger charge is 2.19. The quantitative estimate of drug-likeness (QED) is 0.660. The molecule has 2 aromatic carbocycles. The van der Waals surface area contributed by atoms with Crippen LogP contribution in [0, 0.1) is 0 Å². The normalized spacial score (nSPS) is 17.1. The van der Waals surface area contributed by atoms with Gasteiger partial charge in [0.1, 0.15) is 5.75 Å². The van der Waals surface area contributed by atoms with Crippen LogP contribution in [0.3, 0.4) is 0 Å². The molecule has 2 aromatic rings. The number of amides is 1. The van der Waals surface area contributed by atoms with E-state index in [4.69, 9.17) is 33.7 Å². The van der Waals surface area contributed by atoms with Gasteiger partial charge in [0.25, 0.3) is 0 Å². The minimum absolute atomic E-state index is 0.0513.